The fourth-order valence-corrected chi connectivity index (χ4v) is 3.60. The molecule has 30 heavy (non-hydrogen) atoms. The summed E-state index contributed by atoms with van der Waals surface area (Å²) in [7, 11) is 0. The number of nitro groups is 1. The summed E-state index contributed by atoms with van der Waals surface area (Å²) < 4.78 is 18.3. The molecule has 1 aliphatic heterocycles. The molecule has 0 aliphatic carbocycles. The molecule has 2 aromatic rings. The Kier molecular flexibility index (Phi) is 8.10. The zero-order valence-corrected chi connectivity index (χ0v) is 16.7. The molecule has 0 saturated carbocycles. The van der Waals surface area contributed by atoms with Crippen LogP contribution in [0.1, 0.15) is 17.5 Å². The van der Waals surface area contributed by atoms with Crippen LogP contribution in [0.25, 0.3) is 0 Å². The van der Waals surface area contributed by atoms with Gasteiger partial charge in [-0.25, -0.2) is 0 Å². The van der Waals surface area contributed by atoms with Crippen LogP contribution in [0.3, 0.4) is 0 Å². The number of aliphatic hydroxyl groups is 1. The molecule has 0 spiro atoms. The second kappa shape index (κ2) is 11.0. The lowest BCUT2D eigenvalue weighted by Crippen LogP contribution is -2.44. The number of ether oxygens (including phenoxy) is 3. The van der Waals surface area contributed by atoms with Crippen molar-refractivity contribution in [3.05, 3.63) is 94.6 Å². The van der Waals surface area contributed by atoms with Crippen molar-refractivity contribution in [2.24, 2.45) is 0 Å². The molecular formula is C23H27NO6. The molecule has 3 rings (SSSR count). The quantitative estimate of drug-likeness (QED) is 0.346. The Balaban J connectivity index is 1.78. The van der Waals surface area contributed by atoms with Crippen LogP contribution < -0.4 is 0 Å². The summed E-state index contributed by atoms with van der Waals surface area (Å²) in [5.41, 5.74) is 1.94. The summed E-state index contributed by atoms with van der Waals surface area (Å²) >= 11 is 0. The topological polar surface area (TPSA) is 91.1 Å². The van der Waals surface area contributed by atoms with E-state index in [4.69, 9.17) is 14.2 Å². The summed E-state index contributed by atoms with van der Waals surface area (Å²) in [6, 6.07) is 19.3. The van der Waals surface area contributed by atoms with Crippen molar-refractivity contribution in [3.8, 4) is 0 Å². The molecular weight excluding hydrogens is 386 g/mol. The normalized spacial score (nSPS) is 24.4. The maximum Gasteiger partial charge on any atom is 0.232 e. The molecule has 1 saturated heterocycles. The van der Waals surface area contributed by atoms with E-state index in [0.29, 0.717) is 13.0 Å². The molecule has 7 heteroatoms. The van der Waals surface area contributed by atoms with Gasteiger partial charge in [-0.05, 0) is 17.5 Å². The standard InChI is InChI=1S/C23H27NO6/c1-2-9-20-22(28-15-17-10-5-3-6-11-17)23(21(30-20)19(25)14-24(26)27)29-16-18-12-7-4-8-13-18/h2-8,10-13,19-23,25H,1,9,14-16H2/t19-,20+,21+,22-,23+/m0/s1. The molecule has 0 unspecified atom stereocenters. The van der Waals surface area contributed by atoms with E-state index in [2.05, 4.69) is 6.58 Å². The van der Waals surface area contributed by atoms with Crippen molar-refractivity contribution in [2.75, 3.05) is 6.54 Å². The van der Waals surface area contributed by atoms with Crippen LogP contribution in [0.15, 0.2) is 73.3 Å². The lowest BCUT2D eigenvalue weighted by Gasteiger charge is -2.26. The zero-order valence-electron chi connectivity index (χ0n) is 16.7. The van der Waals surface area contributed by atoms with Crippen molar-refractivity contribution in [1.29, 1.82) is 0 Å². The molecule has 0 bridgehead atoms. The molecule has 1 aliphatic rings. The van der Waals surface area contributed by atoms with Gasteiger partial charge < -0.3 is 19.3 Å². The molecule has 7 nitrogen and oxygen atoms in total. The van der Waals surface area contributed by atoms with Gasteiger partial charge in [0.2, 0.25) is 6.54 Å². The Morgan fingerprint density at radius 2 is 1.57 bits per heavy atom. The fourth-order valence-electron chi connectivity index (χ4n) is 3.60. The van der Waals surface area contributed by atoms with Gasteiger partial charge >= 0.3 is 0 Å². The van der Waals surface area contributed by atoms with Crippen LogP contribution in [0, 0.1) is 10.1 Å². The second-order valence-corrected chi connectivity index (χ2v) is 7.27. The highest BCUT2D eigenvalue weighted by Gasteiger charge is 2.49. The van der Waals surface area contributed by atoms with E-state index < -0.39 is 42.0 Å². The molecule has 0 amide bonds. The maximum absolute atomic E-state index is 11.0. The minimum absolute atomic E-state index is 0.280. The first kappa shape index (κ1) is 22.1. The molecule has 0 radical (unpaired) electrons. The Morgan fingerprint density at radius 1 is 1.03 bits per heavy atom. The van der Waals surface area contributed by atoms with Gasteiger partial charge in [-0.1, -0.05) is 66.7 Å². The molecule has 1 fully saturated rings. The molecule has 1 N–H and O–H groups in total. The maximum atomic E-state index is 11.0. The predicted octanol–water partition coefficient (Wildman–Crippen LogP) is 3.14. The highest BCUT2D eigenvalue weighted by Crippen LogP contribution is 2.32. The third-order valence-corrected chi connectivity index (χ3v) is 5.03. The van der Waals surface area contributed by atoms with Gasteiger partial charge in [-0.3, -0.25) is 10.1 Å². The zero-order chi connectivity index (χ0) is 21.3. The van der Waals surface area contributed by atoms with Gasteiger partial charge in [0.05, 0.1) is 19.3 Å². The molecule has 160 valence electrons. The number of aliphatic hydroxyl groups excluding tert-OH is 1. The summed E-state index contributed by atoms with van der Waals surface area (Å²) in [5.74, 6) is 0. The van der Waals surface area contributed by atoms with Crippen molar-refractivity contribution >= 4 is 0 Å². The van der Waals surface area contributed by atoms with Gasteiger partial charge in [-0.15, -0.1) is 6.58 Å². The highest BCUT2D eigenvalue weighted by atomic mass is 16.6. The fraction of sp³-hybridized carbons (Fsp3) is 0.391. The van der Waals surface area contributed by atoms with Gasteiger partial charge in [0.1, 0.15) is 24.4 Å². The minimum Gasteiger partial charge on any atom is -0.383 e. The average molecular weight is 413 g/mol. The third-order valence-electron chi connectivity index (χ3n) is 5.03. The van der Waals surface area contributed by atoms with E-state index in [1.165, 1.54) is 0 Å². The number of benzene rings is 2. The SMILES string of the molecule is C=CC[C@H]1O[C@H]([C@@H](O)C[N+](=O)[O-])[C@@H](OCc2ccccc2)[C@H]1OCc1ccccc1. The molecule has 5 atom stereocenters. The van der Waals surface area contributed by atoms with Gasteiger partial charge in [0.15, 0.2) is 0 Å². The molecule has 1 heterocycles. The van der Waals surface area contributed by atoms with E-state index >= 15 is 0 Å². The van der Waals surface area contributed by atoms with Crippen LogP contribution in [0.5, 0.6) is 0 Å². The van der Waals surface area contributed by atoms with Crippen LogP contribution in [-0.2, 0) is 27.4 Å². The summed E-state index contributed by atoms with van der Waals surface area (Å²) in [6.45, 7) is 3.76. The number of rotatable bonds is 11. The number of hydrogen-bond acceptors (Lipinski definition) is 6. The predicted molar refractivity (Wildman–Crippen MR) is 111 cm³/mol. The van der Waals surface area contributed by atoms with Crippen LogP contribution in [0.2, 0.25) is 0 Å². The van der Waals surface area contributed by atoms with E-state index in [-0.39, 0.29) is 6.61 Å². The van der Waals surface area contributed by atoms with Crippen molar-refractivity contribution in [3.63, 3.8) is 0 Å². The first-order valence-electron chi connectivity index (χ1n) is 9.95. The van der Waals surface area contributed by atoms with Crippen molar-refractivity contribution < 1.29 is 24.2 Å². The Labute approximate surface area is 176 Å². The second-order valence-electron chi connectivity index (χ2n) is 7.27. The molecule has 0 aromatic heterocycles. The Morgan fingerprint density at radius 3 is 2.07 bits per heavy atom. The van der Waals surface area contributed by atoms with Crippen LogP contribution >= 0.6 is 0 Å². The number of hydrogen-bond donors (Lipinski definition) is 1. The van der Waals surface area contributed by atoms with Crippen molar-refractivity contribution in [1.82, 2.24) is 0 Å². The first-order chi connectivity index (χ1) is 14.6. The van der Waals surface area contributed by atoms with E-state index in [1.54, 1.807) is 6.08 Å². The minimum atomic E-state index is -1.31. The Hall–Kier alpha value is -2.58. The average Bonchev–Trinajstić information content (AvgIpc) is 3.09. The lowest BCUT2D eigenvalue weighted by atomic mass is 10.0. The highest BCUT2D eigenvalue weighted by molar-refractivity contribution is 5.15. The summed E-state index contributed by atoms with van der Waals surface area (Å²) in [4.78, 5) is 10.4. The van der Waals surface area contributed by atoms with E-state index in [9.17, 15) is 15.2 Å². The molecule has 2 aromatic carbocycles. The Bertz CT molecular complexity index is 800. The van der Waals surface area contributed by atoms with Gasteiger partial charge in [0, 0.05) is 4.92 Å². The first-order valence-corrected chi connectivity index (χ1v) is 9.95. The van der Waals surface area contributed by atoms with E-state index in [0.717, 1.165) is 11.1 Å². The third kappa shape index (κ3) is 5.96. The van der Waals surface area contributed by atoms with Crippen molar-refractivity contribution in [2.45, 2.75) is 50.2 Å². The van der Waals surface area contributed by atoms with E-state index in [1.807, 2.05) is 60.7 Å². The van der Waals surface area contributed by atoms with Crippen LogP contribution in [0.4, 0.5) is 0 Å². The van der Waals surface area contributed by atoms with Gasteiger partial charge in [0.25, 0.3) is 0 Å². The summed E-state index contributed by atoms with van der Waals surface area (Å²) in [6.07, 6.45) is -1.57. The monoisotopic (exact) mass is 413 g/mol. The van der Waals surface area contributed by atoms with Gasteiger partial charge in [-0.2, -0.15) is 0 Å². The lowest BCUT2D eigenvalue weighted by molar-refractivity contribution is -0.493. The largest absolute Gasteiger partial charge is 0.383 e. The number of nitrogens with zero attached hydrogens (tertiary/aromatic N) is 1. The van der Waals surface area contributed by atoms with Crippen LogP contribution in [-0.4, -0.2) is 47.1 Å². The smallest absolute Gasteiger partial charge is 0.232 e. The summed E-state index contributed by atoms with van der Waals surface area (Å²) in [5, 5.41) is 21.4.